The van der Waals surface area contributed by atoms with Crippen LogP contribution in [0.3, 0.4) is 0 Å². The van der Waals surface area contributed by atoms with Crippen LogP contribution in [0.5, 0.6) is 5.75 Å². The van der Waals surface area contributed by atoms with Gasteiger partial charge in [-0.2, -0.15) is 0 Å². The van der Waals surface area contributed by atoms with Gasteiger partial charge >= 0.3 is 6.09 Å². The van der Waals surface area contributed by atoms with Gasteiger partial charge in [0.25, 0.3) is 0 Å². The second-order valence-electron chi connectivity index (χ2n) is 10.9. The molecule has 196 valence electrons. The Morgan fingerprint density at radius 3 is 2.51 bits per heavy atom. The Labute approximate surface area is 215 Å². The molecule has 1 saturated heterocycles. The number of carbonyl (C=O) groups excluding carboxylic acids is 1. The van der Waals surface area contributed by atoms with Gasteiger partial charge in [0.1, 0.15) is 29.1 Å². The molecule has 3 aromatic rings. The average Bonchev–Trinajstić information content (AvgIpc) is 3.14. The zero-order valence-electron chi connectivity index (χ0n) is 21.7. The van der Waals surface area contributed by atoms with E-state index in [1.54, 1.807) is 26.8 Å². The highest BCUT2D eigenvalue weighted by Crippen LogP contribution is 2.43. The van der Waals surface area contributed by atoms with Gasteiger partial charge < -0.3 is 19.4 Å². The van der Waals surface area contributed by atoms with Crippen LogP contribution in [0.2, 0.25) is 0 Å². The molecule has 6 nitrogen and oxygen atoms in total. The monoisotopic (exact) mass is 509 g/mol. The van der Waals surface area contributed by atoms with Crippen LogP contribution in [0, 0.1) is 11.6 Å². The SMILES string of the molecule is C=CCN1[C@H](c2c(F)cc(OC3CN(C(=O)OC(C)(C)C)C3)cc2F)c2[nH]c3ccccc3c2C[C@H]1C. The molecule has 2 aliphatic rings. The number of hydrogen-bond acceptors (Lipinski definition) is 4. The number of amides is 1. The van der Waals surface area contributed by atoms with Crippen molar-refractivity contribution in [3.63, 3.8) is 0 Å². The largest absolute Gasteiger partial charge is 0.487 e. The molecule has 0 spiro atoms. The number of para-hydroxylation sites is 1. The van der Waals surface area contributed by atoms with E-state index in [2.05, 4.69) is 23.4 Å². The molecule has 2 aromatic carbocycles. The number of H-pyrrole nitrogens is 1. The fraction of sp³-hybridized carbons (Fsp3) is 0.414. The molecular formula is C29H33F2N3O3. The number of carbonyl (C=O) groups is 1. The van der Waals surface area contributed by atoms with Crippen molar-refractivity contribution in [1.82, 2.24) is 14.8 Å². The van der Waals surface area contributed by atoms with Crippen LogP contribution in [-0.2, 0) is 11.2 Å². The Kier molecular flexibility index (Phi) is 6.48. The number of hydrogen-bond donors (Lipinski definition) is 1. The summed E-state index contributed by atoms with van der Waals surface area (Å²) in [6, 6.07) is 9.84. The van der Waals surface area contributed by atoms with Crippen LogP contribution in [0.15, 0.2) is 49.1 Å². The molecule has 1 aromatic heterocycles. The topological polar surface area (TPSA) is 57.8 Å². The summed E-state index contributed by atoms with van der Waals surface area (Å²) in [5, 5.41) is 1.08. The lowest BCUT2D eigenvalue weighted by Crippen LogP contribution is -2.57. The average molecular weight is 510 g/mol. The summed E-state index contributed by atoms with van der Waals surface area (Å²) in [6.45, 7) is 12.4. The van der Waals surface area contributed by atoms with E-state index in [1.165, 1.54) is 17.0 Å². The summed E-state index contributed by atoms with van der Waals surface area (Å²) in [5.41, 5.74) is 2.23. The fourth-order valence-corrected chi connectivity index (χ4v) is 5.32. The third kappa shape index (κ3) is 4.82. The molecule has 5 rings (SSSR count). The van der Waals surface area contributed by atoms with E-state index < -0.39 is 29.4 Å². The maximum atomic E-state index is 15.7. The van der Waals surface area contributed by atoms with Gasteiger partial charge in [0.05, 0.1) is 19.1 Å². The second-order valence-corrected chi connectivity index (χ2v) is 10.9. The smallest absolute Gasteiger partial charge is 0.410 e. The maximum Gasteiger partial charge on any atom is 0.410 e. The summed E-state index contributed by atoms with van der Waals surface area (Å²) < 4.78 is 42.5. The van der Waals surface area contributed by atoms with Gasteiger partial charge in [0.15, 0.2) is 0 Å². The second kappa shape index (κ2) is 9.49. The Bertz CT molecular complexity index is 1320. The zero-order valence-corrected chi connectivity index (χ0v) is 21.7. The Hall–Kier alpha value is -3.39. The molecule has 37 heavy (non-hydrogen) atoms. The van der Waals surface area contributed by atoms with Gasteiger partial charge in [-0.1, -0.05) is 24.3 Å². The van der Waals surface area contributed by atoms with Gasteiger partial charge in [-0.15, -0.1) is 6.58 Å². The molecule has 1 N–H and O–H groups in total. The van der Waals surface area contributed by atoms with Crippen molar-refractivity contribution >= 4 is 17.0 Å². The first kappa shape index (κ1) is 25.3. The van der Waals surface area contributed by atoms with E-state index in [0.29, 0.717) is 19.6 Å². The lowest BCUT2D eigenvalue weighted by molar-refractivity contribution is -0.0223. The fourth-order valence-electron chi connectivity index (χ4n) is 5.32. The number of aromatic nitrogens is 1. The summed E-state index contributed by atoms with van der Waals surface area (Å²) in [5.74, 6) is -1.24. The third-order valence-electron chi connectivity index (χ3n) is 6.99. The molecule has 3 heterocycles. The lowest BCUT2D eigenvalue weighted by atomic mass is 9.88. The number of aromatic amines is 1. The molecule has 0 radical (unpaired) electrons. The first-order valence-electron chi connectivity index (χ1n) is 12.7. The van der Waals surface area contributed by atoms with E-state index in [-0.39, 0.29) is 23.5 Å². The van der Waals surface area contributed by atoms with E-state index in [0.717, 1.165) is 28.6 Å². The molecule has 0 bridgehead atoms. The summed E-state index contributed by atoms with van der Waals surface area (Å²) in [7, 11) is 0. The van der Waals surface area contributed by atoms with Crippen LogP contribution >= 0.6 is 0 Å². The van der Waals surface area contributed by atoms with Gasteiger partial charge in [0.2, 0.25) is 0 Å². The van der Waals surface area contributed by atoms with Crippen molar-refractivity contribution in [2.24, 2.45) is 0 Å². The number of benzene rings is 2. The van der Waals surface area contributed by atoms with Crippen LogP contribution in [-0.4, -0.2) is 58.3 Å². The molecule has 0 aliphatic carbocycles. The quantitative estimate of drug-likeness (QED) is 0.431. The molecule has 2 atom stereocenters. The number of nitrogens with zero attached hydrogens (tertiary/aromatic N) is 2. The van der Waals surface area contributed by atoms with Gasteiger partial charge in [-0.05, 0) is 45.7 Å². The molecular weight excluding hydrogens is 476 g/mol. The minimum atomic E-state index is -0.670. The molecule has 0 unspecified atom stereocenters. The lowest BCUT2D eigenvalue weighted by Gasteiger charge is -2.41. The maximum absolute atomic E-state index is 15.7. The van der Waals surface area contributed by atoms with Crippen LogP contribution in [0.4, 0.5) is 13.6 Å². The number of rotatable bonds is 5. The number of ether oxygens (including phenoxy) is 2. The molecule has 2 aliphatic heterocycles. The van der Waals surface area contributed by atoms with Crippen molar-refractivity contribution < 1.29 is 23.0 Å². The third-order valence-corrected chi connectivity index (χ3v) is 6.99. The van der Waals surface area contributed by atoms with Crippen molar-refractivity contribution in [2.75, 3.05) is 19.6 Å². The summed E-state index contributed by atoms with van der Waals surface area (Å²) in [6.07, 6.45) is 1.74. The van der Waals surface area contributed by atoms with Crippen LogP contribution in [0.25, 0.3) is 10.9 Å². The molecule has 1 fully saturated rings. The van der Waals surface area contributed by atoms with E-state index in [9.17, 15) is 4.79 Å². The first-order chi connectivity index (χ1) is 17.6. The van der Waals surface area contributed by atoms with Crippen molar-refractivity contribution in [2.45, 2.75) is 57.9 Å². The predicted molar refractivity (Wildman–Crippen MR) is 139 cm³/mol. The first-order valence-corrected chi connectivity index (χ1v) is 12.7. The number of halogens is 2. The Balaban J connectivity index is 1.42. The van der Waals surface area contributed by atoms with E-state index in [1.807, 2.05) is 24.3 Å². The number of likely N-dealkylation sites (tertiary alicyclic amines) is 1. The van der Waals surface area contributed by atoms with Gasteiger partial charge in [-0.25, -0.2) is 13.6 Å². The zero-order chi connectivity index (χ0) is 26.5. The Morgan fingerprint density at radius 2 is 1.86 bits per heavy atom. The number of fused-ring (bicyclic) bond motifs is 3. The van der Waals surface area contributed by atoms with Crippen molar-refractivity contribution in [1.29, 1.82) is 0 Å². The summed E-state index contributed by atoms with van der Waals surface area (Å²) in [4.78, 5) is 19.2. The minimum Gasteiger partial charge on any atom is -0.487 e. The summed E-state index contributed by atoms with van der Waals surface area (Å²) >= 11 is 0. The standard InChI is InChI=1S/C29H33F2N3O3/c1-6-11-34-17(2)12-21-20-9-7-8-10-24(20)32-26(21)27(34)25-22(30)13-18(14-23(25)31)36-19-15-33(16-19)28(35)37-29(3,4)5/h6-10,13-14,17,19,27,32H,1,11-12,15-16H2,2-5H3/t17-,27-/m1/s1. The molecule has 8 heteroatoms. The normalized spacial score (nSPS) is 20.4. The van der Waals surface area contributed by atoms with Gasteiger partial charge in [-0.3, -0.25) is 4.90 Å². The molecule has 0 saturated carbocycles. The highest BCUT2D eigenvalue weighted by molar-refractivity contribution is 5.85. The molecule has 1 amide bonds. The van der Waals surface area contributed by atoms with Crippen molar-refractivity contribution in [3.05, 3.63) is 77.5 Å². The highest BCUT2D eigenvalue weighted by atomic mass is 19.1. The van der Waals surface area contributed by atoms with E-state index in [4.69, 9.17) is 9.47 Å². The van der Waals surface area contributed by atoms with Crippen LogP contribution in [0.1, 0.15) is 50.6 Å². The highest BCUT2D eigenvalue weighted by Gasteiger charge is 2.39. The van der Waals surface area contributed by atoms with E-state index >= 15 is 8.78 Å². The minimum absolute atomic E-state index is 0.0162. The number of nitrogens with one attached hydrogen (secondary N) is 1. The van der Waals surface area contributed by atoms with Crippen molar-refractivity contribution in [3.8, 4) is 5.75 Å². The Morgan fingerprint density at radius 1 is 1.19 bits per heavy atom. The van der Waals surface area contributed by atoms with Crippen LogP contribution < -0.4 is 4.74 Å². The van der Waals surface area contributed by atoms with Gasteiger partial charge in [0, 0.05) is 46.9 Å². The predicted octanol–water partition coefficient (Wildman–Crippen LogP) is 5.97.